The molecule has 0 spiro atoms. The minimum Gasteiger partial charge on any atom is -0.398 e. The lowest BCUT2D eigenvalue weighted by Crippen LogP contribution is -2.18. The SMILES string of the molecule is CN(C)C(=O)/C=C/c1ccc(N)c(-c2nnn[nH]2)c1. The van der Waals surface area contributed by atoms with Gasteiger partial charge >= 0.3 is 0 Å². The first-order valence-corrected chi connectivity index (χ1v) is 5.61. The number of tetrazole rings is 1. The van der Waals surface area contributed by atoms with Gasteiger partial charge in [0.1, 0.15) is 0 Å². The maximum atomic E-state index is 11.5. The van der Waals surface area contributed by atoms with Crippen LogP contribution in [0.3, 0.4) is 0 Å². The molecule has 19 heavy (non-hydrogen) atoms. The molecule has 1 aromatic carbocycles. The summed E-state index contributed by atoms with van der Waals surface area (Å²) in [5.41, 5.74) is 7.98. The molecule has 7 heteroatoms. The predicted molar refractivity (Wildman–Crippen MR) is 71.8 cm³/mol. The number of anilines is 1. The van der Waals surface area contributed by atoms with Crippen LogP contribution in [-0.4, -0.2) is 45.5 Å². The number of nitrogen functional groups attached to an aromatic ring is 1. The normalized spacial score (nSPS) is 10.8. The number of amides is 1. The van der Waals surface area contributed by atoms with Gasteiger partial charge in [-0.25, -0.2) is 5.10 Å². The van der Waals surface area contributed by atoms with Crippen molar-refractivity contribution in [2.75, 3.05) is 19.8 Å². The molecule has 98 valence electrons. The molecule has 0 aliphatic rings. The van der Waals surface area contributed by atoms with Gasteiger partial charge in [-0.05, 0) is 34.2 Å². The highest BCUT2D eigenvalue weighted by molar-refractivity contribution is 5.91. The van der Waals surface area contributed by atoms with Gasteiger partial charge in [-0.1, -0.05) is 6.07 Å². The van der Waals surface area contributed by atoms with Crippen LogP contribution in [0.15, 0.2) is 24.3 Å². The monoisotopic (exact) mass is 258 g/mol. The van der Waals surface area contributed by atoms with Gasteiger partial charge in [-0.15, -0.1) is 5.10 Å². The van der Waals surface area contributed by atoms with Gasteiger partial charge in [-0.2, -0.15) is 0 Å². The third-order valence-electron chi connectivity index (χ3n) is 2.54. The Morgan fingerprint density at radius 1 is 1.42 bits per heavy atom. The summed E-state index contributed by atoms with van der Waals surface area (Å²) in [5, 5.41) is 13.5. The maximum Gasteiger partial charge on any atom is 0.246 e. The van der Waals surface area contributed by atoms with E-state index in [9.17, 15) is 4.79 Å². The van der Waals surface area contributed by atoms with Crippen molar-refractivity contribution in [3.05, 3.63) is 29.8 Å². The molecule has 0 aliphatic carbocycles. The summed E-state index contributed by atoms with van der Waals surface area (Å²) >= 11 is 0. The molecule has 0 atom stereocenters. The first kappa shape index (κ1) is 12.7. The second-order valence-corrected chi connectivity index (χ2v) is 4.16. The minimum atomic E-state index is -0.0836. The van der Waals surface area contributed by atoms with Crippen molar-refractivity contribution < 1.29 is 4.79 Å². The second-order valence-electron chi connectivity index (χ2n) is 4.16. The Morgan fingerprint density at radius 2 is 2.21 bits per heavy atom. The van der Waals surface area contributed by atoms with E-state index in [0.717, 1.165) is 5.56 Å². The molecule has 1 heterocycles. The topological polar surface area (TPSA) is 101 Å². The number of nitrogens with one attached hydrogen (secondary N) is 1. The van der Waals surface area contributed by atoms with Crippen LogP contribution in [0.25, 0.3) is 17.5 Å². The Bertz CT molecular complexity index is 603. The minimum absolute atomic E-state index is 0.0836. The standard InChI is InChI=1S/C12H14N6O/c1-18(2)11(19)6-4-8-3-5-10(13)9(7-8)12-14-16-17-15-12/h3-7H,13H2,1-2H3,(H,14,15,16,17)/b6-4+. The van der Waals surface area contributed by atoms with Crippen LogP contribution < -0.4 is 5.73 Å². The average molecular weight is 258 g/mol. The zero-order valence-electron chi connectivity index (χ0n) is 10.7. The Hall–Kier alpha value is -2.70. The number of likely N-dealkylation sites (N-methyl/N-ethyl adjacent to an activating group) is 1. The summed E-state index contributed by atoms with van der Waals surface area (Å²) in [5.74, 6) is 0.409. The molecular weight excluding hydrogens is 244 g/mol. The highest BCUT2D eigenvalue weighted by atomic mass is 16.2. The average Bonchev–Trinajstić information content (AvgIpc) is 2.91. The van der Waals surface area contributed by atoms with Crippen molar-refractivity contribution in [1.82, 2.24) is 25.5 Å². The third-order valence-corrected chi connectivity index (χ3v) is 2.54. The van der Waals surface area contributed by atoms with Crippen LogP contribution in [0.1, 0.15) is 5.56 Å². The molecule has 0 saturated carbocycles. The Kier molecular flexibility index (Phi) is 3.56. The van der Waals surface area contributed by atoms with Gasteiger partial charge in [0.2, 0.25) is 5.91 Å². The van der Waals surface area contributed by atoms with Crippen LogP contribution in [0.2, 0.25) is 0 Å². The number of carbonyl (C=O) groups excluding carboxylic acids is 1. The lowest BCUT2D eigenvalue weighted by Gasteiger charge is -2.06. The highest BCUT2D eigenvalue weighted by Crippen LogP contribution is 2.23. The molecule has 0 unspecified atom stereocenters. The van der Waals surface area contributed by atoms with Crippen molar-refractivity contribution in [3.8, 4) is 11.4 Å². The number of H-pyrrole nitrogens is 1. The molecule has 0 bridgehead atoms. The molecule has 1 aromatic heterocycles. The lowest BCUT2D eigenvalue weighted by atomic mass is 10.1. The number of aromatic amines is 1. The summed E-state index contributed by atoms with van der Waals surface area (Å²) < 4.78 is 0. The number of benzene rings is 1. The van der Waals surface area contributed by atoms with E-state index in [2.05, 4.69) is 20.6 Å². The Morgan fingerprint density at radius 3 is 2.84 bits per heavy atom. The molecular formula is C12H14N6O. The van der Waals surface area contributed by atoms with Crippen molar-refractivity contribution in [2.24, 2.45) is 0 Å². The smallest absolute Gasteiger partial charge is 0.246 e. The van der Waals surface area contributed by atoms with E-state index in [-0.39, 0.29) is 5.91 Å². The molecule has 3 N–H and O–H groups in total. The van der Waals surface area contributed by atoms with Crippen LogP contribution in [-0.2, 0) is 4.79 Å². The third kappa shape index (κ3) is 2.95. The maximum absolute atomic E-state index is 11.5. The van der Waals surface area contributed by atoms with Gasteiger partial charge in [0.25, 0.3) is 0 Å². The van der Waals surface area contributed by atoms with Crippen molar-refractivity contribution in [2.45, 2.75) is 0 Å². The molecule has 0 fully saturated rings. The van der Waals surface area contributed by atoms with Gasteiger partial charge in [0.15, 0.2) is 5.82 Å². The fraction of sp³-hybridized carbons (Fsp3) is 0.167. The fourth-order valence-corrected chi connectivity index (χ4v) is 1.47. The first-order valence-electron chi connectivity index (χ1n) is 5.61. The van der Waals surface area contributed by atoms with E-state index >= 15 is 0 Å². The van der Waals surface area contributed by atoms with Crippen molar-refractivity contribution in [1.29, 1.82) is 0 Å². The number of nitrogens with zero attached hydrogens (tertiary/aromatic N) is 4. The first-order chi connectivity index (χ1) is 9.08. The largest absolute Gasteiger partial charge is 0.398 e. The van der Waals surface area contributed by atoms with Crippen molar-refractivity contribution >= 4 is 17.7 Å². The fourth-order valence-electron chi connectivity index (χ4n) is 1.47. The zero-order chi connectivity index (χ0) is 13.8. The molecule has 1 amide bonds. The lowest BCUT2D eigenvalue weighted by molar-refractivity contribution is -0.123. The zero-order valence-corrected chi connectivity index (χ0v) is 10.7. The Labute approximate surface area is 110 Å². The van der Waals surface area contributed by atoms with Crippen LogP contribution in [0.5, 0.6) is 0 Å². The number of carbonyl (C=O) groups is 1. The van der Waals surface area contributed by atoms with Crippen LogP contribution >= 0.6 is 0 Å². The van der Waals surface area contributed by atoms with E-state index in [1.165, 1.54) is 11.0 Å². The van der Waals surface area contributed by atoms with Gasteiger partial charge in [-0.3, -0.25) is 4.79 Å². The van der Waals surface area contributed by atoms with Crippen LogP contribution in [0, 0.1) is 0 Å². The molecule has 0 aliphatic heterocycles. The van der Waals surface area contributed by atoms with E-state index in [1.54, 1.807) is 26.2 Å². The van der Waals surface area contributed by atoms with Gasteiger partial charge in [0.05, 0.1) is 0 Å². The summed E-state index contributed by atoms with van der Waals surface area (Å²) in [4.78, 5) is 13.0. The van der Waals surface area contributed by atoms with E-state index in [0.29, 0.717) is 17.1 Å². The number of hydrogen-bond acceptors (Lipinski definition) is 5. The number of nitrogens with two attached hydrogens (primary N) is 1. The predicted octanol–water partition coefficient (Wildman–Crippen LogP) is 0.550. The van der Waals surface area contributed by atoms with Crippen molar-refractivity contribution in [3.63, 3.8) is 0 Å². The second kappa shape index (κ2) is 5.30. The summed E-state index contributed by atoms with van der Waals surface area (Å²) in [6, 6.07) is 5.39. The number of aromatic nitrogens is 4. The Balaban J connectivity index is 2.29. The van der Waals surface area contributed by atoms with Gasteiger partial charge < -0.3 is 10.6 Å². The molecule has 7 nitrogen and oxygen atoms in total. The van der Waals surface area contributed by atoms with Crippen LogP contribution in [0.4, 0.5) is 5.69 Å². The summed E-state index contributed by atoms with van der Waals surface area (Å²) in [6.45, 7) is 0. The van der Waals surface area contributed by atoms with Gasteiger partial charge in [0, 0.05) is 31.4 Å². The number of hydrogen-bond donors (Lipinski definition) is 2. The van der Waals surface area contributed by atoms with E-state index < -0.39 is 0 Å². The molecule has 0 saturated heterocycles. The van der Waals surface area contributed by atoms with E-state index in [1.807, 2.05) is 12.1 Å². The number of rotatable bonds is 3. The van der Waals surface area contributed by atoms with E-state index in [4.69, 9.17) is 5.73 Å². The quantitative estimate of drug-likeness (QED) is 0.618. The summed E-state index contributed by atoms with van der Waals surface area (Å²) in [6.07, 6.45) is 3.21. The molecule has 0 radical (unpaired) electrons. The molecule has 2 aromatic rings. The summed E-state index contributed by atoms with van der Waals surface area (Å²) in [7, 11) is 3.39. The molecule has 2 rings (SSSR count). The highest BCUT2D eigenvalue weighted by Gasteiger charge is 2.07.